The lowest BCUT2D eigenvalue weighted by atomic mass is 10.3. The van der Waals surface area contributed by atoms with Crippen molar-refractivity contribution in [3.05, 3.63) is 46.4 Å². The fraction of sp³-hybridized carbons (Fsp3) is 0.375. The molecule has 23 heavy (non-hydrogen) atoms. The molecule has 0 aliphatic heterocycles. The van der Waals surface area contributed by atoms with Crippen LogP contribution in [-0.2, 0) is 6.42 Å². The summed E-state index contributed by atoms with van der Waals surface area (Å²) in [6.07, 6.45) is 3.01. The average molecular weight is 370 g/mol. The third-order valence-corrected chi connectivity index (χ3v) is 6.00. The van der Waals surface area contributed by atoms with Gasteiger partial charge in [-0.25, -0.2) is 4.98 Å². The molecule has 1 heterocycles. The number of nitrogens with one attached hydrogen (secondary N) is 1. The molecule has 0 saturated heterocycles. The first-order valence-electron chi connectivity index (χ1n) is 7.37. The second-order valence-electron chi connectivity index (χ2n) is 5.45. The van der Waals surface area contributed by atoms with E-state index in [4.69, 9.17) is 5.73 Å². The van der Waals surface area contributed by atoms with Crippen LogP contribution in [-0.4, -0.2) is 28.7 Å². The molecule has 1 fully saturated rings. The summed E-state index contributed by atoms with van der Waals surface area (Å²) in [5.41, 5.74) is 6.01. The summed E-state index contributed by atoms with van der Waals surface area (Å²) in [6, 6.07) is 10.3. The van der Waals surface area contributed by atoms with Gasteiger partial charge < -0.3 is 11.1 Å². The first-order valence-corrected chi connectivity index (χ1v) is 9.07. The summed E-state index contributed by atoms with van der Waals surface area (Å²) >= 11 is 3.36. The summed E-state index contributed by atoms with van der Waals surface area (Å²) in [5.74, 6) is -0.0838. The number of carbonyl (C=O) groups is 1. The van der Waals surface area contributed by atoms with Crippen LogP contribution in [0.25, 0.3) is 0 Å². The Morgan fingerprint density at radius 3 is 2.74 bits per heavy atom. The van der Waals surface area contributed by atoms with Gasteiger partial charge in [0, 0.05) is 28.0 Å². The molecule has 7 heteroatoms. The number of nitrogens with zero attached hydrogens (tertiary/aromatic N) is 1. The van der Waals surface area contributed by atoms with Crippen molar-refractivity contribution in [2.45, 2.75) is 28.9 Å². The van der Waals surface area contributed by atoms with Crippen LogP contribution in [0.1, 0.15) is 28.3 Å². The summed E-state index contributed by atoms with van der Waals surface area (Å²) < 4.78 is 0.160. The van der Waals surface area contributed by atoms with Crippen LogP contribution in [0, 0.1) is 0 Å². The smallest absolute Gasteiger partial charge is 0.270 e. The second kappa shape index (κ2) is 8.15. The van der Waals surface area contributed by atoms with Crippen molar-refractivity contribution in [1.82, 2.24) is 10.3 Å². The molecule has 1 aliphatic carbocycles. The van der Waals surface area contributed by atoms with Gasteiger partial charge in [-0.1, -0.05) is 18.2 Å². The Hall–Kier alpha value is -1.08. The maximum atomic E-state index is 12.2. The molecule has 1 aromatic carbocycles. The largest absolute Gasteiger partial charge is 0.349 e. The molecule has 0 bridgehead atoms. The number of carbonyl (C=O) groups excluding carboxylic acids is 1. The minimum Gasteiger partial charge on any atom is -0.349 e. The van der Waals surface area contributed by atoms with Crippen LogP contribution in [0.3, 0.4) is 0 Å². The van der Waals surface area contributed by atoms with Crippen molar-refractivity contribution in [3.8, 4) is 0 Å². The molecule has 4 nitrogen and oxygen atoms in total. The van der Waals surface area contributed by atoms with Gasteiger partial charge in [0.15, 0.2) is 0 Å². The first kappa shape index (κ1) is 18.3. The Kier molecular flexibility index (Phi) is 6.47. The Bertz CT molecular complexity index is 644. The Morgan fingerprint density at radius 2 is 2.09 bits per heavy atom. The molecular formula is C16H20ClN3OS2. The van der Waals surface area contributed by atoms with Gasteiger partial charge in [0.05, 0.1) is 5.01 Å². The van der Waals surface area contributed by atoms with E-state index in [1.807, 2.05) is 35.3 Å². The van der Waals surface area contributed by atoms with E-state index in [0.29, 0.717) is 18.8 Å². The summed E-state index contributed by atoms with van der Waals surface area (Å²) in [4.78, 5) is 17.8. The first-order chi connectivity index (χ1) is 10.7. The van der Waals surface area contributed by atoms with E-state index in [2.05, 4.69) is 22.4 Å². The molecule has 0 radical (unpaired) electrons. The van der Waals surface area contributed by atoms with E-state index in [9.17, 15) is 4.79 Å². The molecule has 3 N–H and O–H groups in total. The fourth-order valence-corrected chi connectivity index (χ4v) is 4.22. The molecular weight excluding hydrogens is 350 g/mol. The second-order valence-corrected chi connectivity index (χ2v) is 7.93. The zero-order chi connectivity index (χ0) is 15.4. The monoisotopic (exact) mass is 369 g/mol. The highest BCUT2D eigenvalue weighted by Crippen LogP contribution is 2.51. The van der Waals surface area contributed by atoms with E-state index in [1.165, 1.54) is 16.2 Å². The minimum absolute atomic E-state index is 0. The third kappa shape index (κ3) is 4.94. The van der Waals surface area contributed by atoms with E-state index in [1.54, 1.807) is 0 Å². The number of hydrogen-bond acceptors (Lipinski definition) is 5. The Labute approximate surface area is 150 Å². The molecule has 1 amide bonds. The Balaban J connectivity index is 0.00000192. The highest BCUT2D eigenvalue weighted by molar-refractivity contribution is 8.01. The highest BCUT2D eigenvalue weighted by atomic mass is 35.5. The van der Waals surface area contributed by atoms with E-state index < -0.39 is 0 Å². The molecule has 2 aromatic rings. The van der Waals surface area contributed by atoms with E-state index >= 15 is 0 Å². The van der Waals surface area contributed by atoms with Crippen molar-refractivity contribution >= 4 is 41.4 Å². The van der Waals surface area contributed by atoms with Crippen LogP contribution in [0.4, 0.5) is 0 Å². The van der Waals surface area contributed by atoms with Gasteiger partial charge in [-0.05, 0) is 31.5 Å². The summed E-state index contributed by atoms with van der Waals surface area (Å²) in [7, 11) is 0. The summed E-state index contributed by atoms with van der Waals surface area (Å²) in [5, 5.41) is 5.76. The summed E-state index contributed by atoms with van der Waals surface area (Å²) in [6.45, 7) is 1.25. The normalized spacial score (nSPS) is 14.8. The van der Waals surface area contributed by atoms with Gasteiger partial charge in [0.25, 0.3) is 5.91 Å². The molecule has 1 aliphatic rings. The fourth-order valence-electron chi connectivity index (χ4n) is 2.18. The molecule has 124 valence electrons. The lowest BCUT2D eigenvalue weighted by Gasteiger charge is -2.15. The van der Waals surface area contributed by atoms with Crippen LogP contribution in [0.15, 0.2) is 40.6 Å². The van der Waals surface area contributed by atoms with Gasteiger partial charge in [-0.2, -0.15) is 0 Å². The maximum Gasteiger partial charge on any atom is 0.270 e. The van der Waals surface area contributed by atoms with Crippen molar-refractivity contribution in [2.75, 3.05) is 13.1 Å². The lowest BCUT2D eigenvalue weighted by Crippen LogP contribution is -2.32. The number of nitrogens with two attached hydrogens (primary N) is 1. The predicted molar refractivity (Wildman–Crippen MR) is 98.7 cm³/mol. The number of aromatic nitrogens is 1. The van der Waals surface area contributed by atoms with Crippen LogP contribution < -0.4 is 11.1 Å². The SMILES string of the molecule is Cl.NCCc1nc(C(=O)NCC2(Sc3ccccc3)CC2)cs1. The van der Waals surface area contributed by atoms with Gasteiger partial charge in [0.1, 0.15) is 5.69 Å². The highest BCUT2D eigenvalue weighted by Gasteiger charge is 2.44. The van der Waals surface area contributed by atoms with Crippen LogP contribution >= 0.6 is 35.5 Å². The minimum atomic E-state index is -0.0838. The topological polar surface area (TPSA) is 68.0 Å². The average Bonchev–Trinajstić information content (AvgIpc) is 3.13. The van der Waals surface area contributed by atoms with E-state index in [0.717, 1.165) is 24.3 Å². The van der Waals surface area contributed by atoms with Gasteiger partial charge >= 0.3 is 0 Å². The molecule has 0 unspecified atom stereocenters. The number of amides is 1. The number of benzene rings is 1. The number of halogens is 1. The third-order valence-electron chi connectivity index (χ3n) is 3.60. The predicted octanol–water partition coefficient (Wildman–Crippen LogP) is 3.12. The quantitative estimate of drug-likeness (QED) is 0.786. The molecule has 1 aromatic heterocycles. The molecule has 3 rings (SSSR count). The number of thioether (sulfide) groups is 1. The van der Waals surface area contributed by atoms with Crippen molar-refractivity contribution in [3.63, 3.8) is 0 Å². The molecule has 0 atom stereocenters. The van der Waals surface area contributed by atoms with E-state index in [-0.39, 0.29) is 23.1 Å². The standard InChI is InChI=1S/C16H19N3OS2.ClH/c17-9-6-14-19-13(10-21-14)15(20)18-11-16(7-8-16)22-12-4-2-1-3-5-12;/h1-5,10H,6-9,11,17H2,(H,18,20);1H. The van der Waals surface area contributed by atoms with Crippen LogP contribution in [0.5, 0.6) is 0 Å². The lowest BCUT2D eigenvalue weighted by molar-refractivity contribution is 0.0948. The zero-order valence-corrected chi connectivity index (χ0v) is 15.1. The van der Waals surface area contributed by atoms with Crippen molar-refractivity contribution in [2.24, 2.45) is 5.73 Å². The Morgan fingerprint density at radius 1 is 1.35 bits per heavy atom. The van der Waals surface area contributed by atoms with Gasteiger partial charge in [-0.3, -0.25) is 4.79 Å². The molecule has 1 saturated carbocycles. The zero-order valence-electron chi connectivity index (χ0n) is 12.7. The number of hydrogen-bond donors (Lipinski definition) is 2. The van der Waals surface area contributed by atoms with Gasteiger partial charge in [-0.15, -0.1) is 35.5 Å². The number of thiazole rings is 1. The molecule has 0 spiro atoms. The maximum absolute atomic E-state index is 12.2. The van der Waals surface area contributed by atoms with Crippen LogP contribution in [0.2, 0.25) is 0 Å². The number of rotatable bonds is 7. The van der Waals surface area contributed by atoms with Gasteiger partial charge in [0.2, 0.25) is 0 Å². The van der Waals surface area contributed by atoms with Crippen molar-refractivity contribution < 1.29 is 4.79 Å². The van der Waals surface area contributed by atoms with Crippen molar-refractivity contribution in [1.29, 1.82) is 0 Å².